The summed E-state index contributed by atoms with van der Waals surface area (Å²) in [6.07, 6.45) is 3.07. The number of halogens is 2. The highest BCUT2D eigenvalue weighted by molar-refractivity contribution is 6.74. The molecule has 1 saturated heterocycles. The fourth-order valence-electron chi connectivity index (χ4n) is 4.55. The minimum absolute atomic E-state index is 0.00528. The summed E-state index contributed by atoms with van der Waals surface area (Å²) in [6.45, 7) is 15.0. The Bertz CT molecular complexity index is 1300. The van der Waals surface area contributed by atoms with E-state index in [0.717, 1.165) is 35.5 Å². The van der Waals surface area contributed by atoms with Crippen LogP contribution in [-0.2, 0) is 9.53 Å². The Balaban J connectivity index is 1.27. The summed E-state index contributed by atoms with van der Waals surface area (Å²) in [4.78, 5) is 17.0. The number of amides is 1. The largest absolute Gasteiger partial charge is 0.543 e. The Morgan fingerprint density at radius 2 is 1.48 bits per heavy atom. The van der Waals surface area contributed by atoms with Gasteiger partial charge in [-0.25, -0.2) is 8.78 Å². The number of carbonyl (C=O) groups is 1. The Morgan fingerprint density at radius 1 is 0.905 bits per heavy atom. The van der Waals surface area contributed by atoms with Crippen molar-refractivity contribution in [1.82, 2.24) is 9.80 Å². The van der Waals surface area contributed by atoms with Crippen LogP contribution in [0.1, 0.15) is 43.6 Å². The minimum Gasteiger partial charge on any atom is -0.543 e. The quantitative estimate of drug-likeness (QED) is 0.183. The average Bonchev–Trinajstić information content (AvgIpc) is 2.95. The maximum atomic E-state index is 13.5. The number of piperazine rings is 1. The van der Waals surface area contributed by atoms with Crippen LogP contribution in [0.25, 0.3) is 6.08 Å². The fraction of sp³-hybridized carbons (Fsp3) is 0.382. The molecule has 0 atom stereocenters. The van der Waals surface area contributed by atoms with Gasteiger partial charge in [-0.3, -0.25) is 9.69 Å². The van der Waals surface area contributed by atoms with Gasteiger partial charge in [-0.2, -0.15) is 0 Å². The van der Waals surface area contributed by atoms with Crippen molar-refractivity contribution in [1.29, 1.82) is 0 Å². The molecular weight excluding hydrogens is 550 g/mol. The number of ether oxygens (including phenoxy) is 1. The van der Waals surface area contributed by atoms with E-state index in [9.17, 15) is 13.6 Å². The van der Waals surface area contributed by atoms with Crippen molar-refractivity contribution in [2.24, 2.45) is 0 Å². The molecule has 3 aromatic rings. The lowest BCUT2D eigenvalue weighted by Gasteiger charge is -2.36. The topological polar surface area (TPSA) is 42.0 Å². The summed E-state index contributed by atoms with van der Waals surface area (Å²) in [7, 11) is -1.94. The van der Waals surface area contributed by atoms with E-state index < -0.39 is 14.4 Å². The van der Waals surface area contributed by atoms with Crippen LogP contribution < -0.4 is 4.43 Å². The summed E-state index contributed by atoms with van der Waals surface area (Å²) >= 11 is 0. The van der Waals surface area contributed by atoms with Crippen LogP contribution in [-0.4, -0.2) is 63.4 Å². The van der Waals surface area contributed by atoms with Gasteiger partial charge in [0.1, 0.15) is 23.5 Å². The van der Waals surface area contributed by atoms with Gasteiger partial charge >= 0.3 is 0 Å². The molecule has 3 aromatic carbocycles. The first kappa shape index (κ1) is 31.6. The number of rotatable bonds is 10. The van der Waals surface area contributed by atoms with Crippen molar-refractivity contribution in [2.75, 3.05) is 39.3 Å². The standard InChI is InChI=1S/C34H42F2N2O3Si/c1-34(2,3)42(4,5)41-31-8-6-7-26(25-31)9-18-32(39)38-21-19-37(20-22-38)23-24-40-33(27-10-14-29(35)15-11-27)28-12-16-30(36)17-13-28/h6-18,25,33H,19-24H2,1-5H3/b18-9+. The van der Waals surface area contributed by atoms with Crippen LogP contribution in [0.2, 0.25) is 18.1 Å². The zero-order chi connectivity index (χ0) is 30.3. The van der Waals surface area contributed by atoms with Gasteiger partial charge in [-0.05, 0) is 77.3 Å². The van der Waals surface area contributed by atoms with Crippen molar-refractivity contribution >= 4 is 20.3 Å². The molecule has 0 unspecified atom stereocenters. The van der Waals surface area contributed by atoms with Gasteiger partial charge in [-0.1, -0.05) is 57.2 Å². The zero-order valence-electron chi connectivity index (χ0n) is 25.3. The molecule has 5 nitrogen and oxygen atoms in total. The van der Waals surface area contributed by atoms with E-state index in [1.54, 1.807) is 30.3 Å². The molecule has 0 aromatic heterocycles. The van der Waals surface area contributed by atoms with Crippen molar-refractivity contribution in [2.45, 2.75) is 45.0 Å². The average molecular weight is 593 g/mol. The Morgan fingerprint density at radius 3 is 2.02 bits per heavy atom. The monoisotopic (exact) mass is 592 g/mol. The van der Waals surface area contributed by atoms with Gasteiger partial charge in [0.05, 0.1) is 6.61 Å². The van der Waals surface area contributed by atoms with E-state index in [-0.39, 0.29) is 22.6 Å². The van der Waals surface area contributed by atoms with E-state index in [1.807, 2.05) is 35.2 Å². The molecule has 0 saturated carbocycles. The molecule has 0 radical (unpaired) electrons. The number of benzene rings is 3. The Kier molecular flexibility index (Phi) is 10.4. The van der Waals surface area contributed by atoms with Gasteiger partial charge in [-0.15, -0.1) is 0 Å². The predicted molar refractivity (Wildman–Crippen MR) is 167 cm³/mol. The molecule has 0 bridgehead atoms. The SMILES string of the molecule is CC(C)(C)[Si](C)(C)Oc1cccc(/C=C/C(=O)N2CCN(CCOC(c3ccc(F)cc3)c3ccc(F)cc3)CC2)c1. The summed E-state index contributed by atoms with van der Waals surface area (Å²) in [5.74, 6) is 0.202. The van der Waals surface area contributed by atoms with Crippen molar-refractivity contribution < 1.29 is 22.7 Å². The fourth-order valence-corrected chi connectivity index (χ4v) is 5.58. The zero-order valence-corrected chi connectivity index (χ0v) is 26.3. The van der Waals surface area contributed by atoms with E-state index in [0.29, 0.717) is 26.2 Å². The molecule has 1 heterocycles. The molecule has 1 aliphatic rings. The van der Waals surface area contributed by atoms with Crippen molar-refractivity contribution in [3.8, 4) is 5.75 Å². The van der Waals surface area contributed by atoms with Gasteiger partial charge in [0.15, 0.2) is 0 Å². The van der Waals surface area contributed by atoms with Gasteiger partial charge in [0.25, 0.3) is 0 Å². The van der Waals surface area contributed by atoms with Gasteiger partial charge in [0, 0.05) is 38.8 Å². The first-order valence-electron chi connectivity index (χ1n) is 14.5. The molecule has 8 heteroatoms. The summed E-state index contributed by atoms with van der Waals surface area (Å²) < 4.78 is 39.6. The van der Waals surface area contributed by atoms with E-state index in [2.05, 4.69) is 38.8 Å². The smallest absolute Gasteiger partial charge is 0.250 e. The van der Waals surface area contributed by atoms with Crippen LogP contribution >= 0.6 is 0 Å². The molecule has 42 heavy (non-hydrogen) atoms. The highest BCUT2D eigenvalue weighted by Crippen LogP contribution is 2.37. The molecule has 224 valence electrons. The third-order valence-electron chi connectivity index (χ3n) is 8.18. The third kappa shape index (κ3) is 8.60. The van der Waals surface area contributed by atoms with Crippen LogP contribution in [0.5, 0.6) is 5.75 Å². The molecule has 1 aliphatic heterocycles. The highest BCUT2D eigenvalue weighted by atomic mass is 28.4. The van der Waals surface area contributed by atoms with E-state index in [4.69, 9.17) is 9.16 Å². The molecular formula is C34H42F2N2O3Si. The maximum Gasteiger partial charge on any atom is 0.250 e. The molecule has 0 N–H and O–H groups in total. The molecule has 0 aliphatic carbocycles. The third-order valence-corrected chi connectivity index (χ3v) is 12.5. The first-order chi connectivity index (χ1) is 19.9. The van der Waals surface area contributed by atoms with Crippen LogP contribution in [0.3, 0.4) is 0 Å². The maximum absolute atomic E-state index is 13.5. The predicted octanol–water partition coefficient (Wildman–Crippen LogP) is 7.31. The second-order valence-electron chi connectivity index (χ2n) is 12.3. The Labute approximate surface area is 249 Å². The first-order valence-corrected chi connectivity index (χ1v) is 17.4. The summed E-state index contributed by atoms with van der Waals surface area (Å²) in [5, 5.41) is 0.107. The van der Waals surface area contributed by atoms with E-state index in [1.165, 1.54) is 24.3 Å². The van der Waals surface area contributed by atoms with Gasteiger partial charge < -0.3 is 14.1 Å². The number of hydrogen-bond donors (Lipinski definition) is 0. The Hall–Kier alpha value is -3.33. The number of carbonyl (C=O) groups excluding carboxylic acids is 1. The van der Waals surface area contributed by atoms with Crippen molar-refractivity contribution in [3.05, 3.63) is 107 Å². The lowest BCUT2D eigenvalue weighted by molar-refractivity contribution is -0.127. The van der Waals surface area contributed by atoms with Gasteiger partial charge in [0.2, 0.25) is 14.2 Å². The minimum atomic E-state index is -1.94. The van der Waals surface area contributed by atoms with Crippen LogP contribution in [0.15, 0.2) is 78.9 Å². The molecule has 1 amide bonds. The normalized spacial score (nSPS) is 15.0. The lowest BCUT2D eigenvalue weighted by atomic mass is 10.0. The summed E-state index contributed by atoms with van der Waals surface area (Å²) in [5.41, 5.74) is 2.55. The molecule has 1 fully saturated rings. The number of nitrogens with zero attached hydrogens (tertiary/aromatic N) is 2. The summed E-state index contributed by atoms with van der Waals surface area (Å²) in [6, 6.07) is 20.3. The second kappa shape index (κ2) is 13.8. The highest BCUT2D eigenvalue weighted by Gasteiger charge is 2.39. The second-order valence-corrected chi connectivity index (χ2v) is 17.0. The van der Waals surface area contributed by atoms with E-state index >= 15 is 0 Å². The molecule has 4 rings (SSSR count). The van der Waals surface area contributed by atoms with Crippen LogP contribution in [0, 0.1) is 11.6 Å². The van der Waals surface area contributed by atoms with Crippen molar-refractivity contribution in [3.63, 3.8) is 0 Å². The molecule has 0 spiro atoms. The number of hydrogen-bond acceptors (Lipinski definition) is 4. The lowest BCUT2D eigenvalue weighted by Crippen LogP contribution is -2.49. The van der Waals surface area contributed by atoms with Crippen LogP contribution in [0.4, 0.5) is 8.78 Å².